The number of aromatic nitrogens is 2. The molecular weight excluding hydrogens is 439 g/mol. The molecule has 0 bridgehead atoms. The van der Waals surface area contributed by atoms with Crippen LogP contribution in [0.2, 0.25) is 0 Å². The van der Waals surface area contributed by atoms with E-state index in [4.69, 9.17) is 9.47 Å². The number of hydrogen-bond acceptors (Lipinski definition) is 6. The highest BCUT2D eigenvalue weighted by Crippen LogP contribution is 2.39. The number of halogens is 5. The molecule has 0 spiro atoms. The van der Waals surface area contributed by atoms with Crippen LogP contribution in [0.5, 0.6) is 11.8 Å². The van der Waals surface area contributed by atoms with Crippen LogP contribution in [0.4, 0.5) is 32.4 Å². The van der Waals surface area contributed by atoms with Gasteiger partial charge < -0.3 is 19.7 Å². The van der Waals surface area contributed by atoms with E-state index in [9.17, 15) is 26.7 Å². The summed E-state index contributed by atoms with van der Waals surface area (Å²) in [5.74, 6) is -2.83. The second-order valence-corrected chi connectivity index (χ2v) is 7.70. The molecule has 32 heavy (non-hydrogen) atoms. The minimum absolute atomic E-state index is 0.0187. The molecule has 0 radical (unpaired) electrons. The molecule has 172 valence electrons. The summed E-state index contributed by atoms with van der Waals surface area (Å²) in [6.07, 6.45) is -3.10. The third kappa shape index (κ3) is 5.35. The number of ether oxygens (including phenoxy) is 2. The zero-order valence-corrected chi connectivity index (χ0v) is 16.6. The monoisotopic (exact) mass is 458 g/mol. The number of rotatable bonds is 7. The van der Waals surface area contributed by atoms with Crippen LogP contribution in [0.15, 0.2) is 36.5 Å². The normalized spacial score (nSPS) is 18.5. The van der Waals surface area contributed by atoms with Crippen LogP contribution >= 0.6 is 0 Å². The fourth-order valence-corrected chi connectivity index (χ4v) is 3.10. The molecule has 1 atom stereocenters. The van der Waals surface area contributed by atoms with E-state index in [2.05, 4.69) is 9.97 Å². The van der Waals surface area contributed by atoms with Crippen molar-refractivity contribution in [2.24, 2.45) is 5.92 Å². The fourth-order valence-electron chi connectivity index (χ4n) is 3.10. The Morgan fingerprint density at radius 3 is 2.56 bits per heavy atom. The van der Waals surface area contributed by atoms with Crippen molar-refractivity contribution in [3.05, 3.63) is 42.2 Å². The molecule has 12 heteroatoms. The van der Waals surface area contributed by atoms with Crippen LogP contribution < -0.4 is 19.7 Å². The molecule has 7 nitrogen and oxygen atoms in total. The van der Waals surface area contributed by atoms with Crippen molar-refractivity contribution < 1.29 is 36.2 Å². The van der Waals surface area contributed by atoms with E-state index in [0.717, 1.165) is 18.9 Å². The molecule has 2 aromatic rings. The molecular formula is C20H19F5N4O3. The highest BCUT2D eigenvalue weighted by atomic mass is 19.4. The molecule has 0 aromatic carbocycles. The predicted octanol–water partition coefficient (Wildman–Crippen LogP) is 4.11. The quantitative estimate of drug-likeness (QED) is 0.630. The van der Waals surface area contributed by atoms with Crippen molar-refractivity contribution in [3.63, 3.8) is 0 Å². The molecule has 2 fully saturated rings. The minimum atomic E-state index is -4.81. The largest absolute Gasteiger partial charge is 0.476 e. The SMILES string of the molecule is O=C(NC(c1ccccn1)C(F)(F)F)Oc1ccc(N2CC(F)(F)C2)c(OCC2CC2)n1. The van der Waals surface area contributed by atoms with E-state index >= 15 is 0 Å². The van der Waals surface area contributed by atoms with Gasteiger partial charge in [0.05, 0.1) is 25.4 Å². The van der Waals surface area contributed by atoms with E-state index in [0.29, 0.717) is 18.2 Å². The van der Waals surface area contributed by atoms with E-state index in [1.807, 2.05) is 0 Å². The fraction of sp³-hybridized carbons (Fsp3) is 0.450. The molecule has 2 aliphatic rings. The van der Waals surface area contributed by atoms with Crippen LogP contribution in [-0.4, -0.2) is 47.9 Å². The van der Waals surface area contributed by atoms with Crippen LogP contribution in [0.3, 0.4) is 0 Å². The third-order valence-electron chi connectivity index (χ3n) is 4.92. The van der Waals surface area contributed by atoms with Gasteiger partial charge in [-0.3, -0.25) is 4.98 Å². The second-order valence-electron chi connectivity index (χ2n) is 7.70. The molecule has 1 saturated heterocycles. The zero-order chi connectivity index (χ0) is 22.9. The lowest BCUT2D eigenvalue weighted by atomic mass is 10.1. The predicted molar refractivity (Wildman–Crippen MR) is 102 cm³/mol. The van der Waals surface area contributed by atoms with Crippen LogP contribution in [0.25, 0.3) is 0 Å². The van der Waals surface area contributed by atoms with Gasteiger partial charge in [0, 0.05) is 12.3 Å². The summed E-state index contributed by atoms with van der Waals surface area (Å²) in [7, 11) is 0. The lowest BCUT2D eigenvalue weighted by Gasteiger charge is -2.40. The number of carbonyl (C=O) groups excluding carboxylic acids is 1. The van der Waals surface area contributed by atoms with Crippen molar-refractivity contribution >= 4 is 11.8 Å². The molecule has 1 aliphatic heterocycles. The standard InChI is InChI=1S/C20H19F5N4O3/c21-19(22)10-29(11-19)14-6-7-15(27-17(14)31-9-12-4-5-12)32-18(30)28-16(20(23,24)25)13-3-1-2-8-26-13/h1-3,6-8,12,16H,4-5,9-11H2,(H,28,30). The number of anilines is 1. The number of pyridine rings is 2. The minimum Gasteiger partial charge on any atom is -0.476 e. The number of carbonyl (C=O) groups is 1. The third-order valence-corrected chi connectivity index (χ3v) is 4.92. The maximum absolute atomic E-state index is 13.4. The molecule has 2 aromatic heterocycles. The van der Waals surface area contributed by atoms with E-state index in [1.165, 1.54) is 35.4 Å². The smallest absolute Gasteiger partial charge is 0.414 e. The number of nitrogens with one attached hydrogen (secondary N) is 1. The van der Waals surface area contributed by atoms with Crippen molar-refractivity contribution in [3.8, 4) is 11.8 Å². The van der Waals surface area contributed by atoms with Gasteiger partial charge in [0.15, 0.2) is 6.04 Å². The Morgan fingerprint density at radius 2 is 1.97 bits per heavy atom. The van der Waals surface area contributed by atoms with Gasteiger partial charge in [-0.1, -0.05) is 6.07 Å². The van der Waals surface area contributed by atoms with Gasteiger partial charge in [-0.2, -0.15) is 18.2 Å². The van der Waals surface area contributed by atoms with Gasteiger partial charge in [0.2, 0.25) is 11.8 Å². The van der Waals surface area contributed by atoms with Crippen molar-refractivity contribution in [2.75, 3.05) is 24.6 Å². The van der Waals surface area contributed by atoms with Crippen LogP contribution in [0, 0.1) is 5.92 Å². The van der Waals surface area contributed by atoms with E-state index in [-0.39, 0.29) is 11.8 Å². The Bertz CT molecular complexity index is 961. The summed E-state index contributed by atoms with van der Waals surface area (Å²) < 4.78 is 77.2. The first-order valence-electron chi connectivity index (χ1n) is 9.83. The molecule has 4 rings (SSSR count). The number of amides is 1. The highest BCUT2D eigenvalue weighted by molar-refractivity contribution is 5.71. The topological polar surface area (TPSA) is 76.6 Å². The number of hydrogen-bond donors (Lipinski definition) is 1. The van der Waals surface area contributed by atoms with Gasteiger partial charge in [0.25, 0.3) is 5.92 Å². The van der Waals surface area contributed by atoms with Gasteiger partial charge in [-0.15, -0.1) is 0 Å². The first kappa shape index (κ1) is 22.0. The van der Waals surface area contributed by atoms with Crippen molar-refractivity contribution in [1.82, 2.24) is 15.3 Å². The Morgan fingerprint density at radius 1 is 1.22 bits per heavy atom. The molecule has 1 amide bonds. The first-order valence-corrected chi connectivity index (χ1v) is 9.83. The summed E-state index contributed by atoms with van der Waals surface area (Å²) in [5.41, 5.74) is -0.113. The van der Waals surface area contributed by atoms with E-state index in [1.54, 1.807) is 5.32 Å². The molecule has 1 aliphatic carbocycles. The van der Waals surface area contributed by atoms with E-state index < -0.39 is 43.0 Å². The molecule has 1 N–H and O–H groups in total. The molecule has 3 heterocycles. The maximum Gasteiger partial charge on any atom is 0.414 e. The lowest BCUT2D eigenvalue weighted by molar-refractivity contribution is -0.156. The van der Waals surface area contributed by atoms with Crippen LogP contribution in [-0.2, 0) is 0 Å². The molecule has 1 saturated carbocycles. The Hall–Kier alpha value is -3.18. The van der Waals surface area contributed by atoms with Gasteiger partial charge in [-0.25, -0.2) is 13.6 Å². The summed E-state index contributed by atoms with van der Waals surface area (Å²) in [4.78, 5) is 21.2. The summed E-state index contributed by atoms with van der Waals surface area (Å²) in [6, 6.07) is 4.13. The van der Waals surface area contributed by atoms with Crippen LogP contribution in [0.1, 0.15) is 24.6 Å². The summed E-state index contributed by atoms with van der Waals surface area (Å²) >= 11 is 0. The Balaban J connectivity index is 1.47. The van der Waals surface area contributed by atoms with Gasteiger partial charge >= 0.3 is 12.3 Å². The van der Waals surface area contributed by atoms with Crippen molar-refractivity contribution in [1.29, 1.82) is 0 Å². The van der Waals surface area contributed by atoms with Crippen molar-refractivity contribution in [2.45, 2.75) is 31.0 Å². The molecule has 1 unspecified atom stereocenters. The Kier molecular flexibility index (Phi) is 5.78. The highest BCUT2D eigenvalue weighted by Gasteiger charge is 2.45. The summed E-state index contributed by atoms with van der Waals surface area (Å²) in [6.45, 7) is -0.700. The maximum atomic E-state index is 13.4. The van der Waals surface area contributed by atoms with Gasteiger partial charge in [0.1, 0.15) is 5.69 Å². The summed E-state index contributed by atoms with van der Waals surface area (Å²) in [5, 5.41) is 1.73. The number of nitrogens with zero attached hydrogens (tertiary/aromatic N) is 3. The average Bonchev–Trinajstić information content (AvgIpc) is 3.53. The second kappa shape index (κ2) is 8.40. The van der Waals surface area contributed by atoms with Gasteiger partial charge in [-0.05, 0) is 37.0 Å². The lowest BCUT2D eigenvalue weighted by Crippen LogP contribution is -2.56. The Labute approximate surface area is 179 Å². The average molecular weight is 458 g/mol. The first-order chi connectivity index (χ1) is 15.1. The zero-order valence-electron chi connectivity index (χ0n) is 16.6. The number of alkyl halides is 5.